The van der Waals surface area contributed by atoms with Crippen LogP contribution in [-0.2, 0) is 16.4 Å². The lowest BCUT2D eigenvalue weighted by Crippen LogP contribution is -2.47. The van der Waals surface area contributed by atoms with Crippen LogP contribution in [0.1, 0.15) is 12.5 Å². The van der Waals surface area contributed by atoms with Crippen molar-refractivity contribution in [2.75, 3.05) is 23.0 Å². The second kappa shape index (κ2) is 5.19. The van der Waals surface area contributed by atoms with E-state index in [0.717, 1.165) is 15.7 Å². The van der Waals surface area contributed by atoms with Gasteiger partial charge in [0.25, 0.3) is 0 Å². The third-order valence-corrected chi connectivity index (χ3v) is 5.74. The Hall–Kier alpha value is -0.590. The summed E-state index contributed by atoms with van der Waals surface area (Å²) < 4.78 is 23.9. The van der Waals surface area contributed by atoms with Crippen molar-refractivity contribution in [3.63, 3.8) is 0 Å². The van der Waals surface area contributed by atoms with Crippen molar-refractivity contribution >= 4 is 31.5 Å². The molecule has 0 aliphatic carbocycles. The summed E-state index contributed by atoms with van der Waals surface area (Å²) >= 11 is 3.41. The molecule has 1 N–H and O–H groups in total. The van der Waals surface area contributed by atoms with E-state index < -0.39 is 9.84 Å². The molecule has 1 aliphatic heterocycles. The molecule has 100 valence electrons. The van der Waals surface area contributed by atoms with E-state index in [1.807, 2.05) is 25.1 Å². The first kappa shape index (κ1) is 13.8. The number of aliphatic hydroxyl groups excluding tert-OH is 1. The first-order valence-electron chi connectivity index (χ1n) is 5.79. The van der Waals surface area contributed by atoms with Gasteiger partial charge in [0, 0.05) is 22.7 Å². The van der Waals surface area contributed by atoms with Crippen LogP contribution in [0.4, 0.5) is 5.69 Å². The van der Waals surface area contributed by atoms with E-state index in [1.165, 1.54) is 0 Å². The Labute approximate surface area is 116 Å². The zero-order valence-corrected chi connectivity index (χ0v) is 12.5. The minimum atomic E-state index is -2.89. The monoisotopic (exact) mass is 333 g/mol. The van der Waals surface area contributed by atoms with Crippen molar-refractivity contribution < 1.29 is 13.5 Å². The highest BCUT2D eigenvalue weighted by Gasteiger charge is 2.28. The molecule has 1 atom stereocenters. The number of aliphatic hydroxyl groups is 1. The van der Waals surface area contributed by atoms with Crippen LogP contribution in [0.2, 0.25) is 0 Å². The van der Waals surface area contributed by atoms with Gasteiger partial charge in [0.2, 0.25) is 0 Å². The molecule has 0 bridgehead atoms. The molecule has 2 rings (SSSR count). The summed E-state index contributed by atoms with van der Waals surface area (Å²) in [6.07, 6.45) is 0. The second-order valence-electron chi connectivity index (χ2n) is 4.59. The minimum absolute atomic E-state index is 0.00913. The Bertz CT molecular complexity index is 544. The van der Waals surface area contributed by atoms with Crippen molar-refractivity contribution in [1.82, 2.24) is 0 Å². The zero-order chi connectivity index (χ0) is 13.3. The van der Waals surface area contributed by atoms with E-state index in [4.69, 9.17) is 5.11 Å². The molecular formula is C12H16BrNO3S. The van der Waals surface area contributed by atoms with Crippen molar-refractivity contribution in [2.45, 2.75) is 19.6 Å². The van der Waals surface area contributed by atoms with Gasteiger partial charge < -0.3 is 10.0 Å². The predicted molar refractivity (Wildman–Crippen MR) is 75.5 cm³/mol. The van der Waals surface area contributed by atoms with Crippen molar-refractivity contribution in [3.05, 3.63) is 28.2 Å². The zero-order valence-electron chi connectivity index (χ0n) is 10.1. The van der Waals surface area contributed by atoms with Crippen LogP contribution in [0.25, 0.3) is 0 Å². The van der Waals surface area contributed by atoms with Crippen LogP contribution < -0.4 is 4.90 Å². The van der Waals surface area contributed by atoms with Gasteiger partial charge in [-0.3, -0.25) is 0 Å². The molecule has 1 fully saturated rings. The fourth-order valence-corrected chi connectivity index (χ4v) is 4.27. The average molecular weight is 334 g/mol. The number of hydrogen-bond donors (Lipinski definition) is 1. The van der Waals surface area contributed by atoms with Crippen LogP contribution in [0, 0.1) is 0 Å². The molecule has 1 aliphatic rings. The third kappa shape index (κ3) is 2.87. The lowest BCUT2D eigenvalue weighted by molar-refractivity contribution is 0.281. The molecule has 0 saturated carbocycles. The molecule has 18 heavy (non-hydrogen) atoms. The van der Waals surface area contributed by atoms with E-state index in [-0.39, 0.29) is 24.2 Å². The summed E-state index contributed by atoms with van der Waals surface area (Å²) in [5.41, 5.74) is 1.82. The summed E-state index contributed by atoms with van der Waals surface area (Å²) in [6, 6.07) is 5.69. The molecule has 0 aromatic heterocycles. The summed E-state index contributed by atoms with van der Waals surface area (Å²) in [4.78, 5) is 2.09. The highest BCUT2D eigenvalue weighted by Crippen LogP contribution is 2.27. The summed E-state index contributed by atoms with van der Waals surface area (Å²) in [7, 11) is -2.89. The van der Waals surface area contributed by atoms with Crippen LogP contribution in [0.15, 0.2) is 22.7 Å². The van der Waals surface area contributed by atoms with Gasteiger partial charge >= 0.3 is 0 Å². The summed E-state index contributed by atoms with van der Waals surface area (Å²) in [5.74, 6) is 0.406. The molecular weight excluding hydrogens is 318 g/mol. The third-order valence-electron chi connectivity index (χ3n) is 3.21. The number of rotatable bonds is 2. The molecule has 4 nitrogen and oxygen atoms in total. The Kier molecular flexibility index (Phi) is 3.99. The highest BCUT2D eigenvalue weighted by atomic mass is 79.9. The quantitative estimate of drug-likeness (QED) is 0.892. The van der Waals surface area contributed by atoms with Crippen molar-refractivity contribution in [3.8, 4) is 0 Å². The number of anilines is 1. The van der Waals surface area contributed by atoms with Crippen LogP contribution in [0.5, 0.6) is 0 Å². The highest BCUT2D eigenvalue weighted by molar-refractivity contribution is 9.10. The van der Waals surface area contributed by atoms with Gasteiger partial charge in [-0.1, -0.05) is 22.0 Å². The second-order valence-corrected chi connectivity index (χ2v) is 7.67. The maximum atomic E-state index is 11.5. The van der Waals surface area contributed by atoms with E-state index in [9.17, 15) is 8.42 Å². The lowest BCUT2D eigenvalue weighted by Gasteiger charge is -2.35. The van der Waals surface area contributed by atoms with Crippen LogP contribution >= 0.6 is 15.9 Å². The van der Waals surface area contributed by atoms with E-state index >= 15 is 0 Å². The van der Waals surface area contributed by atoms with Gasteiger partial charge in [0.1, 0.15) is 0 Å². The van der Waals surface area contributed by atoms with Gasteiger partial charge in [0.05, 0.1) is 18.1 Å². The maximum Gasteiger partial charge on any atom is 0.154 e. The molecule has 0 radical (unpaired) electrons. The molecule has 1 aromatic carbocycles. The molecule has 1 unspecified atom stereocenters. The van der Waals surface area contributed by atoms with Gasteiger partial charge in [0.15, 0.2) is 9.84 Å². The molecule has 1 aromatic rings. The first-order valence-corrected chi connectivity index (χ1v) is 8.41. The largest absolute Gasteiger partial charge is 0.392 e. The van der Waals surface area contributed by atoms with Gasteiger partial charge in [-0.2, -0.15) is 0 Å². The molecule has 0 amide bonds. The Morgan fingerprint density at radius 2 is 2.22 bits per heavy atom. The van der Waals surface area contributed by atoms with E-state index in [0.29, 0.717) is 6.54 Å². The first-order chi connectivity index (χ1) is 8.43. The number of sulfone groups is 1. The van der Waals surface area contributed by atoms with Crippen molar-refractivity contribution in [1.29, 1.82) is 0 Å². The number of nitrogens with zero attached hydrogens (tertiary/aromatic N) is 1. The summed E-state index contributed by atoms with van der Waals surface area (Å²) in [5, 5.41) is 9.12. The number of benzene rings is 1. The normalized spacial score (nSPS) is 23.1. The van der Waals surface area contributed by atoms with Gasteiger partial charge in [-0.25, -0.2) is 8.42 Å². The molecule has 0 spiro atoms. The fourth-order valence-electron chi connectivity index (χ4n) is 2.23. The fraction of sp³-hybridized carbons (Fsp3) is 0.500. The predicted octanol–water partition coefficient (Wildman–Crippen LogP) is 1.56. The Morgan fingerprint density at radius 1 is 1.50 bits per heavy atom. The van der Waals surface area contributed by atoms with E-state index in [2.05, 4.69) is 20.8 Å². The van der Waals surface area contributed by atoms with Crippen LogP contribution in [0.3, 0.4) is 0 Å². The number of halogens is 1. The van der Waals surface area contributed by atoms with Gasteiger partial charge in [-0.15, -0.1) is 0 Å². The SMILES string of the molecule is CC1CS(=O)(=O)CCN1c1ccc(CO)c(Br)c1. The van der Waals surface area contributed by atoms with Crippen LogP contribution in [-0.4, -0.2) is 37.6 Å². The number of hydrogen-bond acceptors (Lipinski definition) is 4. The smallest absolute Gasteiger partial charge is 0.154 e. The van der Waals surface area contributed by atoms with Gasteiger partial charge in [-0.05, 0) is 24.6 Å². The lowest BCUT2D eigenvalue weighted by atomic mass is 10.2. The van der Waals surface area contributed by atoms with E-state index in [1.54, 1.807) is 0 Å². The Morgan fingerprint density at radius 3 is 2.78 bits per heavy atom. The maximum absolute atomic E-state index is 11.5. The molecule has 6 heteroatoms. The summed E-state index contributed by atoms with van der Waals surface area (Å²) in [6.45, 7) is 2.43. The Balaban J connectivity index is 2.25. The molecule has 1 heterocycles. The minimum Gasteiger partial charge on any atom is -0.392 e. The average Bonchev–Trinajstić information content (AvgIpc) is 2.27. The standard InChI is InChI=1S/C12H16BrNO3S/c1-9-8-18(16,17)5-4-14(9)11-3-2-10(7-15)12(13)6-11/h2-3,6,9,15H,4-5,7-8H2,1H3. The van der Waals surface area contributed by atoms with Crippen molar-refractivity contribution in [2.24, 2.45) is 0 Å². The topological polar surface area (TPSA) is 57.6 Å². The molecule has 1 saturated heterocycles.